The molecule has 0 spiro atoms. The van der Waals surface area contributed by atoms with Crippen molar-refractivity contribution in [3.63, 3.8) is 0 Å². The Morgan fingerprint density at radius 1 is 1.18 bits per heavy atom. The zero-order valence-electron chi connectivity index (χ0n) is 12.9. The molecular formula is C17H24Cl2N2O. The minimum absolute atomic E-state index is 0.319. The second-order valence-corrected chi connectivity index (χ2v) is 7.41. The SMILES string of the molecule is N[C@@H]1CCCN(CCc2cc(Cl)c(OCC3CC3)c(Cl)c2)C1. The number of likely N-dealkylation sites (tertiary alicyclic amines) is 1. The van der Waals surface area contributed by atoms with E-state index in [9.17, 15) is 0 Å². The van der Waals surface area contributed by atoms with Crippen molar-refractivity contribution in [2.45, 2.75) is 38.1 Å². The molecule has 2 N–H and O–H groups in total. The fourth-order valence-corrected chi connectivity index (χ4v) is 3.60. The van der Waals surface area contributed by atoms with E-state index in [-0.39, 0.29) is 0 Å². The Hall–Kier alpha value is -0.480. The van der Waals surface area contributed by atoms with Crippen molar-refractivity contribution in [2.24, 2.45) is 11.7 Å². The standard InChI is InChI=1S/C17H24Cl2N2O/c18-15-8-13(5-7-21-6-1-2-14(20)10-21)9-16(19)17(15)22-11-12-3-4-12/h8-9,12,14H,1-7,10-11,20H2/t14-/m1/s1. The van der Waals surface area contributed by atoms with Crippen molar-refractivity contribution in [1.82, 2.24) is 4.90 Å². The molecule has 3 nitrogen and oxygen atoms in total. The predicted octanol–water partition coefficient (Wildman–Crippen LogP) is 3.75. The topological polar surface area (TPSA) is 38.5 Å². The summed E-state index contributed by atoms with van der Waals surface area (Å²) < 4.78 is 5.76. The lowest BCUT2D eigenvalue weighted by molar-refractivity contribution is 0.211. The Kier molecular flexibility index (Phi) is 5.50. The summed E-state index contributed by atoms with van der Waals surface area (Å²) in [5, 5.41) is 1.25. The Bertz CT molecular complexity index is 496. The first-order valence-corrected chi connectivity index (χ1v) is 8.96. The van der Waals surface area contributed by atoms with Crippen LogP contribution in [0.15, 0.2) is 12.1 Å². The molecule has 3 rings (SSSR count). The lowest BCUT2D eigenvalue weighted by atomic mass is 10.1. The largest absolute Gasteiger partial charge is 0.490 e. The normalized spacial score (nSPS) is 22.8. The highest BCUT2D eigenvalue weighted by Crippen LogP contribution is 2.37. The summed E-state index contributed by atoms with van der Waals surface area (Å²) >= 11 is 12.7. The maximum absolute atomic E-state index is 6.34. The molecule has 1 heterocycles. The summed E-state index contributed by atoms with van der Waals surface area (Å²) in [6.07, 6.45) is 5.78. The number of benzene rings is 1. The van der Waals surface area contributed by atoms with Crippen LogP contribution in [-0.4, -0.2) is 37.2 Å². The molecule has 1 saturated heterocycles. The van der Waals surface area contributed by atoms with Gasteiger partial charge in [0.15, 0.2) is 5.75 Å². The number of halogens is 2. The molecule has 22 heavy (non-hydrogen) atoms. The molecule has 0 radical (unpaired) electrons. The highest BCUT2D eigenvalue weighted by molar-refractivity contribution is 6.37. The molecule has 1 aromatic rings. The van der Waals surface area contributed by atoms with Crippen LogP contribution in [0.25, 0.3) is 0 Å². The maximum Gasteiger partial charge on any atom is 0.156 e. The van der Waals surface area contributed by atoms with Crippen molar-refractivity contribution in [3.8, 4) is 5.75 Å². The smallest absolute Gasteiger partial charge is 0.156 e. The molecule has 2 aliphatic rings. The molecule has 1 aliphatic carbocycles. The van der Waals surface area contributed by atoms with Crippen LogP contribution in [0.2, 0.25) is 10.0 Å². The Balaban J connectivity index is 1.56. The van der Waals surface area contributed by atoms with Gasteiger partial charge < -0.3 is 15.4 Å². The van der Waals surface area contributed by atoms with E-state index in [1.165, 1.54) is 19.3 Å². The molecule has 0 amide bonds. The number of rotatable bonds is 6. The van der Waals surface area contributed by atoms with Crippen LogP contribution < -0.4 is 10.5 Å². The average Bonchev–Trinajstić information content (AvgIpc) is 3.28. The van der Waals surface area contributed by atoms with E-state index in [1.807, 2.05) is 12.1 Å². The third-order valence-corrected chi connectivity index (χ3v) is 5.04. The van der Waals surface area contributed by atoms with Crippen molar-refractivity contribution < 1.29 is 4.74 Å². The first-order valence-electron chi connectivity index (χ1n) is 8.20. The summed E-state index contributed by atoms with van der Waals surface area (Å²) in [5.41, 5.74) is 7.18. The van der Waals surface area contributed by atoms with E-state index < -0.39 is 0 Å². The number of nitrogens with two attached hydrogens (primary N) is 1. The summed E-state index contributed by atoms with van der Waals surface area (Å²) in [6, 6.07) is 4.29. The highest BCUT2D eigenvalue weighted by Gasteiger charge is 2.23. The van der Waals surface area contributed by atoms with Gasteiger partial charge in [-0.25, -0.2) is 0 Å². The van der Waals surface area contributed by atoms with Gasteiger partial charge in [0.2, 0.25) is 0 Å². The summed E-state index contributed by atoms with van der Waals surface area (Å²) in [6.45, 7) is 3.86. The monoisotopic (exact) mass is 342 g/mol. The number of piperidine rings is 1. The number of nitrogens with zero attached hydrogens (tertiary/aromatic N) is 1. The van der Waals surface area contributed by atoms with Crippen LogP contribution in [0.1, 0.15) is 31.2 Å². The number of hydrogen-bond donors (Lipinski definition) is 1. The maximum atomic E-state index is 6.34. The van der Waals surface area contributed by atoms with Gasteiger partial charge in [-0.05, 0) is 62.3 Å². The third kappa shape index (κ3) is 4.51. The molecule has 2 fully saturated rings. The van der Waals surface area contributed by atoms with Gasteiger partial charge in [0.25, 0.3) is 0 Å². The van der Waals surface area contributed by atoms with E-state index in [0.717, 1.165) is 44.6 Å². The zero-order chi connectivity index (χ0) is 15.5. The lowest BCUT2D eigenvalue weighted by Gasteiger charge is -2.30. The van der Waals surface area contributed by atoms with E-state index in [2.05, 4.69) is 4.90 Å². The molecule has 1 aromatic carbocycles. The average molecular weight is 343 g/mol. The molecule has 1 saturated carbocycles. The third-order valence-electron chi connectivity index (χ3n) is 4.48. The summed E-state index contributed by atoms with van der Waals surface area (Å²) in [5.74, 6) is 1.33. The fraction of sp³-hybridized carbons (Fsp3) is 0.647. The first-order chi connectivity index (χ1) is 10.6. The fourth-order valence-electron chi connectivity index (χ4n) is 2.96. The molecule has 122 valence electrons. The second kappa shape index (κ2) is 7.39. The predicted molar refractivity (Wildman–Crippen MR) is 92.0 cm³/mol. The molecular weight excluding hydrogens is 319 g/mol. The molecule has 1 aliphatic heterocycles. The van der Waals surface area contributed by atoms with Gasteiger partial charge in [0.1, 0.15) is 0 Å². The van der Waals surface area contributed by atoms with Crippen LogP contribution in [-0.2, 0) is 6.42 Å². The molecule has 0 bridgehead atoms. The Labute approximate surface area is 142 Å². The Morgan fingerprint density at radius 2 is 1.91 bits per heavy atom. The van der Waals surface area contributed by atoms with E-state index in [1.54, 1.807) is 0 Å². The summed E-state index contributed by atoms with van der Waals surface area (Å²) in [4.78, 5) is 2.42. The van der Waals surface area contributed by atoms with Crippen LogP contribution in [0.3, 0.4) is 0 Å². The summed E-state index contributed by atoms with van der Waals surface area (Å²) in [7, 11) is 0. The van der Waals surface area contributed by atoms with Crippen molar-refractivity contribution in [2.75, 3.05) is 26.2 Å². The molecule has 0 unspecified atom stereocenters. The van der Waals surface area contributed by atoms with E-state index >= 15 is 0 Å². The van der Waals surface area contributed by atoms with Crippen LogP contribution in [0.4, 0.5) is 0 Å². The lowest BCUT2D eigenvalue weighted by Crippen LogP contribution is -2.43. The first kappa shape index (κ1) is 16.4. The van der Waals surface area contributed by atoms with Gasteiger partial charge in [-0.3, -0.25) is 0 Å². The minimum Gasteiger partial charge on any atom is -0.490 e. The van der Waals surface area contributed by atoms with Gasteiger partial charge in [-0.2, -0.15) is 0 Å². The number of ether oxygens (including phenoxy) is 1. The van der Waals surface area contributed by atoms with Gasteiger partial charge in [0.05, 0.1) is 16.7 Å². The van der Waals surface area contributed by atoms with Gasteiger partial charge >= 0.3 is 0 Å². The zero-order valence-corrected chi connectivity index (χ0v) is 14.4. The van der Waals surface area contributed by atoms with Crippen LogP contribution in [0.5, 0.6) is 5.75 Å². The van der Waals surface area contributed by atoms with E-state index in [0.29, 0.717) is 27.8 Å². The van der Waals surface area contributed by atoms with E-state index in [4.69, 9.17) is 33.7 Å². The second-order valence-electron chi connectivity index (χ2n) is 6.60. The van der Waals surface area contributed by atoms with Crippen molar-refractivity contribution in [3.05, 3.63) is 27.7 Å². The minimum atomic E-state index is 0.319. The molecule has 0 aromatic heterocycles. The van der Waals surface area contributed by atoms with Gasteiger partial charge in [-0.1, -0.05) is 23.2 Å². The van der Waals surface area contributed by atoms with Gasteiger partial charge in [0, 0.05) is 19.1 Å². The van der Waals surface area contributed by atoms with Crippen molar-refractivity contribution >= 4 is 23.2 Å². The van der Waals surface area contributed by atoms with Crippen LogP contribution >= 0.6 is 23.2 Å². The molecule has 5 heteroatoms. The highest BCUT2D eigenvalue weighted by atomic mass is 35.5. The molecule has 1 atom stereocenters. The number of hydrogen-bond acceptors (Lipinski definition) is 3. The van der Waals surface area contributed by atoms with Crippen molar-refractivity contribution in [1.29, 1.82) is 0 Å². The van der Waals surface area contributed by atoms with Gasteiger partial charge in [-0.15, -0.1) is 0 Å². The van der Waals surface area contributed by atoms with Crippen LogP contribution in [0, 0.1) is 5.92 Å². The Morgan fingerprint density at radius 3 is 2.55 bits per heavy atom. The quantitative estimate of drug-likeness (QED) is 0.855.